The molecule has 1 fully saturated rings. The summed E-state index contributed by atoms with van der Waals surface area (Å²) in [5.41, 5.74) is 4.75. The van der Waals surface area contributed by atoms with Crippen LogP contribution in [0.1, 0.15) is 36.0 Å². The third-order valence-electron chi connectivity index (χ3n) is 4.74. The number of aliphatic imine (C=N–C) groups is 1. The SMILES string of the molecule is COC(=O)C1CCCCN1C=C=C=NC(=O)[C@H](O)Cc1cc(C)c(O)c(C)c1. The number of phenols is 1. The summed E-state index contributed by atoms with van der Waals surface area (Å²) in [4.78, 5) is 29.2. The van der Waals surface area contributed by atoms with Crippen LogP contribution in [-0.2, 0) is 20.7 Å². The molecule has 7 nitrogen and oxygen atoms in total. The molecule has 1 heterocycles. The number of aromatic hydroxyl groups is 1. The largest absolute Gasteiger partial charge is 0.507 e. The van der Waals surface area contributed by atoms with Gasteiger partial charge in [0.05, 0.1) is 13.3 Å². The van der Waals surface area contributed by atoms with Crippen molar-refractivity contribution in [2.75, 3.05) is 13.7 Å². The molecule has 1 unspecified atom stereocenters. The van der Waals surface area contributed by atoms with Crippen LogP contribution in [0.25, 0.3) is 0 Å². The molecule has 150 valence electrons. The van der Waals surface area contributed by atoms with Crippen molar-refractivity contribution in [3.63, 3.8) is 0 Å². The van der Waals surface area contributed by atoms with E-state index >= 15 is 0 Å². The van der Waals surface area contributed by atoms with E-state index in [0.29, 0.717) is 24.1 Å². The fraction of sp³-hybridized carbons (Fsp3) is 0.476. The van der Waals surface area contributed by atoms with Crippen molar-refractivity contribution >= 4 is 17.7 Å². The van der Waals surface area contributed by atoms with E-state index < -0.39 is 12.0 Å². The number of carbonyl (C=O) groups excluding carboxylic acids is 2. The summed E-state index contributed by atoms with van der Waals surface area (Å²) in [6.07, 6.45) is 2.92. The fourth-order valence-corrected chi connectivity index (χ4v) is 3.25. The number of aliphatic hydroxyl groups excluding tert-OH is 1. The summed E-state index contributed by atoms with van der Waals surface area (Å²) in [6.45, 7) is 4.20. The second kappa shape index (κ2) is 9.90. The molecule has 1 saturated heterocycles. The number of hydrogen-bond acceptors (Lipinski definition) is 6. The van der Waals surface area contributed by atoms with Crippen LogP contribution in [0.15, 0.2) is 29.1 Å². The van der Waals surface area contributed by atoms with Gasteiger partial charge >= 0.3 is 5.97 Å². The summed E-state index contributed by atoms with van der Waals surface area (Å²) in [7, 11) is 1.35. The van der Waals surface area contributed by atoms with Gasteiger partial charge in [0, 0.05) is 18.8 Å². The maximum absolute atomic E-state index is 12.0. The zero-order valence-electron chi connectivity index (χ0n) is 16.4. The zero-order valence-corrected chi connectivity index (χ0v) is 16.4. The number of likely N-dealkylation sites (tertiary alicyclic amines) is 1. The average Bonchev–Trinajstić information content (AvgIpc) is 2.68. The van der Waals surface area contributed by atoms with E-state index in [0.717, 1.165) is 18.4 Å². The summed E-state index contributed by atoms with van der Waals surface area (Å²) in [5.74, 6) is 1.56. The Bertz CT molecular complexity index is 812. The van der Waals surface area contributed by atoms with Crippen molar-refractivity contribution in [1.82, 2.24) is 4.90 Å². The molecule has 0 aliphatic carbocycles. The minimum absolute atomic E-state index is 0.0895. The number of amides is 1. The molecule has 28 heavy (non-hydrogen) atoms. The summed E-state index contributed by atoms with van der Waals surface area (Å²) in [6, 6.07) is 3.08. The number of nitrogens with zero attached hydrogens (tertiary/aromatic N) is 2. The number of methoxy groups -OCH3 is 1. The van der Waals surface area contributed by atoms with Gasteiger partial charge < -0.3 is 19.8 Å². The van der Waals surface area contributed by atoms with Crippen LogP contribution in [0.3, 0.4) is 0 Å². The van der Waals surface area contributed by atoms with Gasteiger partial charge in [-0.25, -0.2) is 4.79 Å². The number of rotatable bonds is 5. The van der Waals surface area contributed by atoms with Gasteiger partial charge in [0.1, 0.15) is 17.9 Å². The predicted octanol–water partition coefficient (Wildman–Crippen LogP) is 1.81. The minimum Gasteiger partial charge on any atom is -0.507 e. The van der Waals surface area contributed by atoms with Crippen LogP contribution in [-0.4, -0.2) is 58.7 Å². The zero-order chi connectivity index (χ0) is 20.7. The third-order valence-corrected chi connectivity index (χ3v) is 4.74. The predicted molar refractivity (Wildman–Crippen MR) is 104 cm³/mol. The number of phenolic OH excluding ortho intramolecular Hbond substituents is 1. The monoisotopic (exact) mass is 386 g/mol. The number of piperidine rings is 1. The standard InChI is InChI=1S/C21H26N2O5/c1-14-11-16(12-15(2)19(14)25)13-18(24)20(26)22-8-6-10-23-9-5-4-7-17(23)21(27)28-3/h10-12,17-18,24-25H,4-5,7,9,13H2,1-3H3/t17?,18-/m1/s1. The maximum atomic E-state index is 12.0. The van der Waals surface area contributed by atoms with E-state index in [1.165, 1.54) is 13.3 Å². The Kier molecular flexibility index (Phi) is 7.59. The first-order valence-electron chi connectivity index (χ1n) is 9.22. The number of hydrogen-bond donors (Lipinski definition) is 2. The third kappa shape index (κ3) is 5.57. The average molecular weight is 386 g/mol. The summed E-state index contributed by atoms with van der Waals surface area (Å²) >= 11 is 0. The Morgan fingerprint density at radius 3 is 2.68 bits per heavy atom. The second-order valence-electron chi connectivity index (χ2n) is 6.91. The lowest BCUT2D eigenvalue weighted by molar-refractivity contribution is -0.147. The minimum atomic E-state index is -1.31. The first-order valence-corrected chi connectivity index (χ1v) is 9.22. The highest BCUT2D eigenvalue weighted by Gasteiger charge is 2.27. The Hall–Kier alpha value is -2.85. The van der Waals surface area contributed by atoms with Crippen molar-refractivity contribution in [1.29, 1.82) is 0 Å². The molecular formula is C21H26N2O5. The van der Waals surface area contributed by atoms with Gasteiger partial charge in [-0.3, -0.25) is 4.79 Å². The molecule has 1 aromatic rings. The highest BCUT2D eigenvalue weighted by Crippen LogP contribution is 2.23. The van der Waals surface area contributed by atoms with Crippen LogP contribution < -0.4 is 0 Å². The number of ether oxygens (including phenoxy) is 1. The molecule has 7 heteroatoms. The molecule has 2 rings (SSSR count). The molecule has 1 amide bonds. The van der Waals surface area contributed by atoms with Crippen molar-refractivity contribution in [3.05, 3.63) is 40.8 Å². The van der Waals surface area contributed by atoms with Crippen LogP contribution in [0, 0.1) is 13.8 Å². The van der Waals surface area contributed by atoms with E-state index in [2.05, 4.69) is 16.6 Å². The molecule has 0 spiro atoms. The van der Waals surface area contributed by atoms with Gasteiger partial charge in [0.2, 0.25) is 0 Å². The van der Waals surface area contributed by atoms with Gasteiger partial charge in [-0.15, -0.1) is 0 Å². The van der Waals surface area contributed by atoms with Gasteiger partial charge in [-0.2, -0.15) is 4.99 Å². The molecule has 0 radical (unpaired) electrons. The Morgan fingerprint density at radius 1 is 1.36 bits per heavy atom. The molecule has 1 aliphatic rings. The molecular weight excluding hydrogens is 360 g/mol. The van der Waals surface area contributed by atoms with Crippen molar-refractivity contribution < 1.29 is 24.5 Å². The first-order chi connectivity index (χ1) is 13.3. The lowest BCUT2D eigenvalue weighted by Crippen LogP contribution is -2.41. The first kappa shape index (κ1) is 21.5. The molecule has 1 aliphatic heterocycles. The number of aliphatic hydroxyl groups is 1. The molecule has 0 saturated carbocycles. The quantitative estimate of drug-likeness (QED) is 0.455. The second-order valence-corrected chi connectivity index (χ2v) is 6.91. The Labute approximate surface area is 164 Å². The summed E-state index contributed by atoms with van der Waals surface area (Å²) < 4.78 is 4.80. The normalized spacial score (nSPS) is 17.1. The van der Waals surface area contributed by atoms with E-state index in [1.54, 1.807) is 30.9 Å². The Balaban J connectivity index is 2.03. The smallest absolute Gasteiger partial charge is 0.328 e. The molecule has 0 aromatic heterocycles. The van der Waals surface area contributed by atoms with Crippen LogP contribution in [0.4, 0.5) is 0 Å². The Morgan fingerprint density at radius 2 is 2.04 bits per heavy atom. The van der Waals surface area contributed by atoms with Crippen molar-refractivity contribution in [3.8, 4) is 5.75 Å². The van der Waals surface area contributed by atoms with E-state index in [1.807, 2.05) is 0 Å². The summed E-state index contributed by atoms with van der Waals surface area (Å²) in [5, 5.41) is 19.9. The lowest BCUT2D eigenvalue weighted by Gasteiger charge is -2.31. The number of aryl methyl sites for hydroxylation is 2. The van der Waals surface area contributed by atoms with E-state index in [9.17, 15) is 19.8 Å². The van der Waals surface area contributed by atoms with Gasteiger partial charge in [-0.05, 0) is 55.5 Å². The number of benzene rings is 1. The van der Waals surface area contributed by atoms with Crippen LogP contribution >= 0.6 is 0 Å². The number of esters is 1. The molecule has 2 N–H and O–H groups in total. The van der Waals surface area contributed by atoms with Gasteiger partial charge in [0.15, 0.2) is 0 Å². The highest BCUT2D eigenvalue weighted by atomic mass is 16.5. The number of carbonyl (C=O) groups is 2. The van der Waals surface area contributed by atoms with Crippen LogP contribution in [0.5, 0.6) is 5.75 Å². The fourth-order valence-electron chi connectivity index (χ4n) is 3.25. The topological polar surface area (TPSA) is 99.4 Å². The maximum Gasteiger partial charge on any atom is 0.328 e. The van der Waals surface area contributed by atoms with Crippen molar-refractivity contribution in [2.45, 2.75) is 51.7 Å². The van der Waals surface area contributed by atoms with Crippen molar-refractivity contribution in [2.24, 2.45) is 4.99 Å². The molecule has 1 aromatic carbocycles. The van der Waals surface area contributed by atoms with E-state index in [4.69, 9.17) is 4.74 Å². The molecule has 2 atom stereocenters. The highest BCUT2D eigenvalue weighted by molar-refractivity contribution is 5.87. The van der Waals surface area contributed by atoms with Crippen LogP contribution in [0.2, 0.25) is 0 Å². The van der Waals surface area contributed by atoms with Gasteiger partial charge in [0.25, 0.3) is 5.91 Å². The van der Waals surface area contributed by atoms with Gasteiger partial charge in [-0.1, -0.05) is 12.1 Å². The van der Waals surface area contributed by atoms with E-state index in [-0.39, 0.29) is 24.2 Å². The molecule has 0 bridgehead atoms. The lowest BCUT2D eigenvalue weighted by atomic mass is 10.0.